The number of rotatable bonds is 6. The topological polar surface area (TPSA) is 83.2 Å². The lowest BCUT2D eigenvalue weighted by molar-refractivity contribution is -0.145. The molecule has 28 heavy (non-hydrogen) atoms. The first-order valence-corrected chi connectivity index (χ1v) is 9.33. The summed E-state index contributed by atoms with van der Waals surface area (Å²) in [4.78, 5) is 16.7. The molecule has 0 spiro atoms. The minimum Gasteiger partial charge on any atom is -0.481 e. The lowest BCUT2D eigenvalue weighted by Crippen LogP contribution is -2.27. The lowest BCUT2D eigenvalue weighted by atomic mass is 9.88. The molecule has 3 rings (SSSR count). The van der Waals surface area contributed by atoms with Gasteiger partial charge in [0.1, 0.15) is 21.1 Å². The van der Waals surface area contributed by atoms with Gasteiger partial charge in [-0.25, -0.2) is 4.98 Å². The molecule has 0 amide bonds. The summed E-state index contributed by atoms with van der Waals surface area (Å²) in [6.07, 6.45) is 1.36. The summed E-state index contributed by atoms with van der Waals surface area (Å²) < 4.78 is 5.60. The van der Waals surface area contributed by atoms with Crippen molar-refractivity contribution < 1.29 is 14.6 Å². The van der Waals surface area contributed by atoms with Crippen LogP contribution in [0.15, 0.2) is 59.1 Å². The van der Waals surface area contributed by atoms with E-state index in [0.717, 1.165) is 0 Å². The number of aromatic nitrogens is 1. The highest BCUT2D eigenvalue weighted by Gasteiger charge is 2.86. The Kier molecular flexibility index (Phi) is 5.14. The highest BCUT2D eigenvalue weighted by atomic mass is 35.5. The van der Waals surface area contributed by atoms with Gasteiger partial charge in [-0.3, -0.25) is 4.79 Å². The maximum atomic E-state index is 12.3. The maximum absolute atomic E-state index is 12.3. The Balaban J connectivity index is 1.97. The van der Waals surface area contributed by atoms with Crippen molar-refractivity contribution in [3.8, 4) is 17.7 Å². The highest BCUT2D eigenvalue weighted by molar-refractivity contribution is 6.56. The Labute approximate surface area is 173 Å². The van der Waals surface area contributed by atoms with E-state index in [4.69, 9.17) is 27.9 Å². The Morgan fingerprint density at radius 3 is 2.46 bits per heavy atom. The molecule has 2 aromatic rings. The van der Waals surface area contributed by atoms with Crippen molar-refractivity contribution in [3.05, 3.63) is 64.8 Å². The van der Waals surface area contributed by atoms with Crippen molar-refractivity contribution in [2.45, 2.75) is 20.3 Å². The van der Waals surface area contributed by atoms with Crippen LogP contribution in [0.2, 0.25) is 0 Å². The van der Waals surface area contributed by atoms with Crippen LogP contribution in [0.5, 0.6) is 11.6 Å². The van der Waals surface area contributed by atoms with E-state index in [9.17, 15) is 15.2 Å². The molecular formula is C21H18Cl2N2O3. The molecule has 1 aliphatic carbocycles. The minimum atomic E-state index is -1.41. The summed E-state index contributed by atoms with van der Waals surface area (Å²) in [5.41, 5.74) is -3.15. The normalized spacial score (nSPS) is 24.7. The second-order valence-electron chi connectivity index (χ2n) is 7.25. The van der Waals surface area contributed by atoms with E-state index in [1.54, 1.807) is 44.2 Å². The number of carboxylic acid groups (broad SMARTS) is 1. The van der Waals surface area contributed by atoms with E-state index in [-0.39, 0.29) is 10.9 Å². The quantitative estimate of drug-likeness (QED) is 0.685. The molecule has 144 valence electrons. The number of nitriles is 1. The van der Waals surface area contributed by atoms with Crippen molar-refractivity contribution in [2.24, 2.45) is 16.2 Å². The van der Waals surface area contributed by atoms with Gasteiger partial charge < -0.3 is 9.84 Å². The molecule has 1 saturated carbocycles. The van der Waals surface area contributed by atoms with Gasteiger partial charge in [-0.1, -0.05) is 61.3 Å². The van der Waals surface area contributed by atoms with Crippen molar-refractivity contribution in [1.82, 2.24) is 4.98 Å². The third-order valence-corrected chi connectivity index (χ3v) is 5.94. The molecule has 1 aliphatic rings. The van der Waals surface area contributed by atoms with Gasteiger partial charge in [-0.2, -0.15) is 5.26 Å². The summed E-state index contributed by atoms with van der Waals surface area (Å²) in [6, 6.07) is 16.4. The molecule has 0 saturated heterocycles. The molecule has 1 fully saturated rings. The second-order valence-corrected chi connectivity index (χ2v) is 8.26. The fourth-order valence-corrected chi connectivity index (χ4v) is 4.43. The minimum absolute atomic E-state index is 0.0342. The number of hydrogen-bond acceptors (Lipinski definition) is 4. The Hall–Kier alpha value is -2.55. The van der Waals surface area contributed by atoms with Crippen LogP contribution in [0.1, 0.15) is 19.5 Å². The van der Waals surface area contributed by atoms with E-state index < -0.39 is 22.2 Å². The standard InChI is InChI=1S/C21H18Cl2N2O3/c1-19(2)20(13-24,12-16(22)23)21(19,18(26)27)11-14-7-6-10-17(25-14)28-15-8-4-3-5-9-15/h3-10,12H,11H2,1-2H3,(H,26,27). The first kappa shape index (κ1) is 20.2. The first-order valence-electron chi connectivity index (χ1n) is 8.57. The molecule has 0 aliphatic heterocycles. The number of nitrogens with zero attached hydrogens (tertiary/aromatic N) is 2. The smallest absolute Gasteiger partial charge is 0.312 e. The van der Waals surface area contributed by atoms with Gasteiger partial charge in [0.25, 0.3) is 0 Å². The molecule has 1 aromatic heterocycles. The zero-order valence-corrected chi connectivity index (χ0v) is 16.8. The Morgan fingerprint density at radius 1 is 1.21 bits per heavy atom. The Bertz CT molecular complexity index is 981. The first-order chi connectivity index (χ1) is 13.2. The van der Waals surface area contributed by atoms with Gasteiger partial charge >= 0.3 is 5.97 Å². The number of carboxylic acids is 1. The van der Waals surface area contributed by atoms with Crippen LogP contribution in [0.3, 0.4) is 0 Å². The van der Waals surface area contributed by atoms with Crippen LogP contribution in [0.4, 0.5) is 0 Å². The molecule has 7 heteroatoms. The van der Waals surface area contributed by atoms with Crippen molar-refractivity contribution in [1.29, 1.82) is 5.26 Å². The average Bonchev–Trinajstić information content (AvgIpc) is 3.05. The van der Waals surface area contributed by atoms with Crippen LogP contribution >= 0.6 is 23.2 Å². The molecule has 1 heterocycles. The van der Waals surface area contributed by atoms with Gasteiger partial charge in [-0.15, -0.1) is 0 Å². The van der Waals surface area contributed by atoms with Crippen molar-refractivity contribution >= 4 is 29.2 Å². The van der Waals surface area contributed by atoms with E-state index in [1.165, 1.54) is 6.08 Å². The van der Waals surface area contributed by atoms with E-state index in [0.29, 0.717) is 17.3 Å². The van der Waals surface area contributed by atoms with E-state index >= 15 is 0 Å². The van der Waals surface area contributed by atoms with E-state index in [2.05, 4.69) is 11.1 Å². The second kappa shape index (κ2) is 7.12. The summed E-state index contributed by atoms with van der Waals surface area (Å²) in [5.74, 6) is -0.132. The van der Waals surface area contributed by atoms with Crippen LogP contribution in [0, 0.1) is 27.6 Å². The number of allylic oxidation sites excluding steroid dienone is 1. The number of halogens is 2. The summed E-state index contributed by atoms with van der Waals surface area (Å²) in [7, 11) is 0. The molecule has 0 bridgehead atoms. The summed E-state index contributed by atoms with van der Waals surface area (Å²) >= 11 is 11.6. The van der Waals surface area contributed by atoms with Crippen LogP contribution in [-0.2, 0) is 11.2 Å². The van der Waals surface area contributed by atoms with Gasteiger partial charge in [0.05, 0.1) is 6.07 Å². The van der Waals surface area contributed by atoms with Gasteiger partial charge in [0.15, 0.2) is 0 Å². The maximum Gasteiger partial charge on any atom is 0.312 e. The third-order valence-electron chi connectivity index (χ3n) is 5.72. The predicted octanol–water partition coefficient (Wildman–Crippen LogP) is 5.36. The molecular weight excluding hydrogens is 399 g/mol. The molecule has 2 unspecified atom stereocenters. The number of para-hydroxylation sites is 1. The lowest BCUT2D eigenvalue weighted by Gasteiger charge is -2.16. The summed E-state index contributed by atoms with van der Waals surface area (Å²) in [5, 5.41) is 19.9. The molecule has 5 nitrogen and oxygen atoms in total. The third kappa shape index (κ3) is 2.94. The predicted molar refractivity (Wildman–Crippen MR) is 106 cm³/mol. The van der Waals surface area contributed by atoms with Crippen molar-refractivity contribution in [3.63, 3.8) is 0 Å². The zero-order valence-electron chi connectivity index (χ0n) is 15.3. The SMILES string of the molecule is CC1(C)C(C#N)(C=C(Cl)Cl)C1(Cc1cccc(Oc2ccccc2)n1)C(=O)O. The van der Waals surface area contributed by atoms with Crippen LogP contribution in [-0.4, -0.2) is 16.1 Å². The van der Waals surface area contributed by atoms with Crippen LogP contribution in [0.25, 0.3) is 0 Å². The largest absolute Gasteiger partial charge is 0.481 e. The number of pyridine rings is 1. The number of benzene rings is 1. The number of hydrogen-bond donors (Lipinski definition) is 1. The molecule has 1 N–H and O–H groups in total. The Morgan fingerprint density at radius 2 is 1.89 bits per heavy atom. The fourth-order valence-electron chi connectivity index (χ4n) is 4.10. The fraction of sp³-hybridized carbons (Fsp3) is 0.286. The van der Waals surface area contributed by atoms with Gasteiger partial charge in [-0.05, 0) is 24.3 Å². The van der Waals surface area contributed by atoms with Crippen molar-refractivity contribution in [2.75, 3.05) is 0 Å². The van der Waals surface area contributed by atoms with E-state index in [1.807, 2.05) is 18.2 Å². The highest BCUT2D eigenvalue weighted by Crippen LogP contribution is 2.80. The monoisotopic (exact) mass is 416 g/mol. The molecule has 1 aromatic carbocycles. The number of carbonyl (C=O) groups is 1. The number of aliphatic carboxylic acids is 1. The van der Waals surface area contributed by atoms with Gasteiger partial charge in [0, 0.05) is 23.6 Å². The van der Waals surface area contributed by atoms with Gasteiger partial charge in [0.2, 0.25) is 5.88 Å². The molecule has 2 atom stereocenters. The summed E-state index contributed by atoms with van der Waals surface area (Å²) in [6.45, 7) is 3.45. The number of ether oxygens (including phenoxy) is 1. The zero-order chi connectivity index (χ0) is 20.6. The molecule has 0 radical (unpaired) electrons. The van der Waals surface area contributed by atoms with Crippen LogP contribution < -0.4 is 4.74 Å². The average molecular weight is 417 g/mol.